The molecular weight excluding hydrogens is 404 g/mol. The number of hydrogen-bond donors (Lipinski definition) is 4. The highest BCUT2D eigenvalue weighted by molar-refractivity contribution is 8.26. The fourth-order valence-electron chi connectivity index (χ4n) is 4.28. The van der Waals surface area contributed by atoms with Gasteiger partial charge in [0.25, 0.3) is 0 Å². The Morgan fingerprint density at radius 3 is 2.61 bits per heavy atom. The second-order valence-corrected chi connectivity index (χ2v) is 10.8. The third kappa shape index (κ3) is 4.95. The van der Waals surface area contributed by atoms with Crippen LogP contribution in [0.4, 0.5) is 0 Å². The molecule has 1 aliphatic rings. The van der Waals surface area contributed by atoms with Crippen molar-refractivity contribution < 1.29 is 0 Å². The number of H-pyrrole nitrogens is 1. The van der Waals surface area contributed by atoms with Crippen molar-refractivity contribution in [2.24, 2.45) is 11.6 Å². The smallest absolute Gasteiger partial charge is 0.138 e. The molecule has 7 heteroatoms. The predicted octanol–water partition coefficient (Wildman–Crippen LogP) is 4.20. The van der Waals surface area contributed by atoms with Crippen LogP contribution in [0.25, 0.3) is 22.2 Å². The number of hydrogen-bond acceptors (Lipinski definition) is 5. The zero-order valence-corrected chi connectivity index (χ0v) is 18.7. The van der Waals surface area contributed by atoms with Crippen molar-refractivity contribution in [3.05, 3.63) is 60.7 Å². The molecule has 1 fully saturated rings. The van der Waals surface area contributed by atoms with Crippen LogP contribution < -0.4 is 16.3 Å². The number of rotatable bonds is 7. The summed E-state index contributed by atoms with van der Waals surface area (Å²) in [4.78, 5) is 9.00. The van der Waals surface area contributed by atoms with Gasteiger partial charge in [0.2, 0.25) is 0 Å². The maximum atomic E-state index is 5.92. The van der Waals surface area contributed by atoms with E-state index in [0.29, 0.717) is 12.6 Å². The topological polar surface area (TPSA) is 96.0 Å². The van der Waals surface area contributed by atoms with Gasteiger partial charge in [-0.3, -0.25) is 4.72 Å². The number of nitrogens with two attached hydrogens (primary N) is 2. The Hall–Kier alpha value is -2.74. The molecule has 0 aliphatic heterocycles. The number of benzene rings is 1. The van der Waals surface area contributed by atoms with Crippen molar-refractivity contribution in [2.75, 3.05) is 0 Å². The van der Waals surface area contributed by atoms with E-state index in [4.69, 9.17) is 11.6 Å². The SMILES string of the molecule is C=S(=C)(NC1CCCCC1)c1ccc(-c2ccnc3[nH]c(CN(N)/C=C\N)cc23)cc1. The van der Waals surface area contributed by atoms with E-state index in [2.05, 4.69) is 56.8 Å². The maximum Gasteiger partial charge on any atom is 0.138 e. The Morgan fingerprint density at radius 2 is 1.90 bits per heavy atom. The van der Waals surface area contributed by atoms with Crippen LogP contribution in [0, 0.1) is 0 Å². The van der Waals surface area contributed by atoms with Gasteiger partial charge in [0, 0.05) is 40.6 Å². The molecule has 6 N–H and O–H groups in total. The van der Waals surface area contributed by atoms with Gasteiger partial charge >= 0.3 is 0 Å². The van der Waals surface area contributed by atoms with Gasteiger partial charge in [0.05, 0.1) is 6.54 Å². The molecule has 4 rings (SSSR count). The molecule has 2 heterocycles. The number of fused-ring (bicyclic) bond motifs is 1. The standard InChI is InChI=1S/C24H32N6S/c1-31(2,29-19-6-4-3-5-7-19)21-10-8-18(9-11-21)22-12-14-27-24-23(22)16-20(28-24)17-30(26)15-13-25/h8-16,19,29H,1-7,17,25-26H2,(H,27,28)/b15-13-. The number of aromatic nitrogens is 2. The Kier molecular flexibility index (Phi) is 6.36. The number of nitrogens with one attached hydrogen (secondary N) is 2. The normalized spacial score (nSPS) is 15.6. The first-order valence-electron chi connectivity index (χ1n) is 10.7. The zero-order valence-electron chi connectivity index (χ0n) is 17.9. The maximum absolute atomic E-state index is 5.92. The van der Waals surface area contributed by atoms with Crippen LogP contribution in [0.3, 0.4) is 0 Å². The predicted molar refractivity (Wildman–Crippen MR) is 135 cm³/mol. The van der Waals surface area contributed by atoms with Gasteiger partial charge in [-0.2, -0.15) is 0 Å². The molecule has 0 amide bonds. The van der Waals surface area contributed by atoms with E-state index in [1.165, 1.54) is 48.2 Å². The Labute approximate surface area is 184 Å². The van der Waals surface area contributed by atoms with Crippen LogP contribution in [0.2, 0.25) is 0 Å². The van der Waals surface area contributed by atoms with Gasteiger partial charge in [-0.1, -0.05) is 43.1 Å². The van der Waals surface area contributed by atoms with Gasteiger partial charge in [-0.25, -0.2) is 10.8 Å². The molecule has 0 atom stereocenters. The average molecular weight is 437 g/mol. The molecule has 31 heavy (non-hydrogen) atoms. The third-order valence-electron chi connectivity index (χ3n) is 5.83. The first-order valence-corrected chi connectivity index (χ1v) is 12.7. The van der Waals surface area contributed by atoms with Crippen molar-refractivity contribution in [1.82, 2.24) is 19.7 Å². The fourth-order valence-corrected chi connectivity index (χ4v) is 5.95. The van der Waals surface area contributed by atoms with E-state index in [9.17, 15) is 0 Å². The van der Waals surface area contributed by atoms with Crippen LogP contribution in [0.15, 0.2) is 59.9 Å². The second kappa shape index (κ2) is 9.18. The quantitative estimate of drug-likeness (QED) is 0.253. The molecule has 0 radical (unpaired) electrons. The number of nitrogens with zero attached hydrogens (tertiary/aromatic N) is 2. The van der Waals surface area contributed by atoms with Gasteiger partial charge in [0.1, 0.15) is 5.65 Å². The highest BCUT2D eigenvalue weighted by atomic mass is 32.2. The summed E-state index contributed by atoms with van der Waals surface area (Å²) >= 11 is 0. The van der Waals surface area contributed by atoms with Crippen LogP contribution in [0.1, 0.15) is 37.8 Å². The molecule has 0 bridgehead atoms. The van der Waals surface area contributed by atoms with E-state index in [1.807, 2.05) is 12.3 Å². The summed E-state index contributed by atoms with van der Waals surface area (Å²) in [6, 6.07) is 13.3. The van der Waals surface area contributed by atoms with E-state index in [-0.39, 0.29) is 0 Å². The number of pyridine rings is 1. The number of hydrazine groups is 1. The van der Waals surface area contributed by atoms with E-state index in [0.717, 1.165) is 27.9 Å². The Bertz CT molecular complexity index is 1150. The number of aromatic amines is 1. The fraction of sp³-hybridized carbons (Fsp3) is 0.292. The van der Waals surface area contributed by atoms with E-state index >= 15 is 0 Å². The average Bonchev–Trinajstić information content (AvgIpc) is 3.16. The lowest BCUT2D eigenvalue weighted by molar-refractivity contribution is 0.382. The Morgan fingerprint density at radius 1 is 1.16 bits per heavy atom. The van der Waals surface area contributed by atoms with Crippen LogP contribution in [0.5, 0.6) is 0 Å². The summed E-state index contributed by atoms with van der Waals surface area (Å²) in [6.45, 7) is 0.518. The lowest BCUT2D eigenvalue weighted by Gasteiger charge is -2.28. The van der Waals surface area contributed by atoms with Crippen molar-refractivity contribution >= 4 is 32.2 Å². The first kappa shape index (κ1) is 21.5. The minimum Gasteiger partial charge on any atom is -0.403 e. The molecule has 2 aromatic heterocycles. The lowest BCUT2D eigenvalue weighted by atomic mass is 9.96. The van der Waals surface area contributed by atoms with Gasteiger partial charge in [0.15, 0.2) is 0 Å². The molecule has 0 unspecified atom stereocenters. The molecule has 1 aliphatic carbocycles. The zero-order chi connectivity index (χ0) is 21.8. The van der Waals surface area contributed by atoms with E-state index in [1.54, 1.807) is 6.20 Å². The van der Waals surface area contributed by atoms with Crippen LogP contribution >= 0.6 is 9.39 Å². The van der Waals surface area contributed by atoms with Crippen LogP contribution in [-0.2, 0) is 6.54 Å². The minimum atomic E-state index is -1.52. The molecule has 0 saturated heterocycles. The van der Waals surface area contributed by atoms with Crippen molar-refractivity contribution in [1.29, 1.82) is 0 Å². The van der Waals surface area contributed by atoms with Crippen molar-refractivity contribution in [2.45, 2.75) is 49.6 Å². The minimum absolute atomic E-state index is 0.518. The van der Waals surface area contributed by atoms with Crippen molar-refractivity contribution in [3.63, 3.8) is 0 Å². The van der Waals surface area contributed by atoms with Gasteiger partial charge in [-0.15, -0.1) is 9.39 Å². The van der Waals surface area contributed by atoms with Crippen LogP contribution in [-0.4, -0.2) is 32.8 Å². The summed E-state index contributed by atoms with van der Waals surface area (Å²) in [6.07, 6.45) is 11.3. The summed E-state index contributed by atoms with van der Waals surface area (Å²) < 4.78 is 3.75. The second-order valence-electron chi connectivity index (χ2n) is 8.29. The molecule has 164 valence electrons. The summed E-state index contributed by atoms with van der Waals surface area (Å²) in [5, 5.41) is 2.60. The van der Waals surface area contributed by atoms with Gasteiger partial charge < -0.3 is 15.7 Å². The summed E-state index contributed by atoms with van der Waals surface area (Å²) in [5.41, 5.74) is 9.50. The molecule has 1 aromatic carbocycles. The molecule has 3 aromatic rings. The largest absolute Gasteiger partial charge is 0.403 e. The molecule has 1 saturated carbocycles. The molecule has 0 spiro atoms. The molecule has 6 nitrogen and oxygen atoms in total. The first-order chi connectivity index (χ1) is 15.0. The highest BCUT2D eigenvalue weighted by Crippen LogP contribution is 2.34. The third-order valence-corrected chi connectivity index (χ3v) is 7.79. The van der Waals surface area contributed by atoms with Crippen molar-refractivity contribution in [3.8, 4) is 11.1 Å². The van der Waals surface area contributed by atoms with E-state index < -0.39 is 9.39 Å². The lowest BCUT2D eigenvalue weighted by Crippen LogP contribution is -2.28. The summed E-state index contributed by atoms with van der Waals surface area (Å²) in [5.74, 6) is 14.8. The highest BCUT2D eigenvalue weighted by Gasteiger charge is 2.16. The van der Waals surface area contributed by atoms with Gasteiger partial charge in [-0.05, 0) is 48.2 Å². The monoisotopic (exact) mass is 436 g/mol. The Balaban J connectivity index is 1.57. The molecular formula is C24H32N6S. The summed E-state index contributed by atoms with van der Waals surface area (Å²) in [7, 11) is -1.52.